The van der Waals surface area contributed by atoms with E-state index < -0.39 is 0 Å². The van der Waals surface area contributed by atoms with Crippen LogP contribution in [0.25, 0.3) is 0 Å². The van der Waals surface area contributed by atoms with E-state index in [0.29, 0.717) is 21.5 Å². The largest absolute Gasteiger partial charge is 0.493 e. The molecular weight excluding hydrogens is 321 g/mol. The normalized spacial score (nSPS) is 12.4. The molecule has 2 aromatic rings. The number of methoxy groups -OCH3 is 2. The average molecular weight is 338 g/mol. The fraction of sp³-hybridized carbons (Fsp3) is 0.235. The van der Waals surface area contributed by atoms with Crippen LogP contribution in [0.2, 0.25) is 10.0 Å². The first-order valence-electron chi connectivity index (χ1n) is 6.76. The van der Waals surface area contributed by atoms with Crippen LogP contribution in [0.5, 0.6) is 11.5 Å². The molecule has 0 aliphatic heterocycles. The van der Waals surface area contributed by atoms with E-state index in [1.165, 1.54) is 0 Å². The number of rotatable bonds is 5. The monoisotopic (exact) mass is 337 g/mol. The van der Waals surface area contributed by atoms with E-state index in [0.717, 1.165) is 11.1 Å². The number of benzene rings is 2. The zero-order valence-electron chi connectivity index (χ0n) is 12.6. The molecule has 0 aromatic heterocycles. The number of ether oxygens (including phenoxy) is 2. The van der Waals surface area contributed by atoms with Gasteiger partial charge in [0.05, 0.1) is 20.3 Å². The van der Waals surface area contributed by atoms with Crippen molar-refractivity contribution in [1.29, 1.82) is 0 Å². The highest BCUT2D eigenvalue weighted by Gasteiger charge is 2.12. The Kier molecular flexibility index (Phi) is 5.69. The van der Waals surface area contributed by atoms with E-state index in [2.05, 4.69) is 4.99 Å². The fourth-order valence-corrected chi connectivity index (χ4v) is 2.83. The molecule has 0 radical (unpaired) electrons. The summed E-state index contributed by atoms with van der Waals surface area (Å²) in [5, 5.41) is 1.23. The van der Waals surface area contributed by atoms with Crippen molar-refractivity contribution in [3.8, 4) is 11.5 Å². The maximum atomic E-state index is 6.20. The predicted molar refractivity (Wildman–Crippen MR) is 92.0 cm³/mol. The van der Waals surface area contributed by atoms with Gasteiger partial charge in [-0.3, -0.25) is 4.99 Å². The van der Waals surface area contributed by atoms with E-state index in [1.807, 2.05) is 43.3 Å². The van der Waals surface area contributed by atoms with Gasteiger partial charge in [-0.2, -0.15) is 0 Å². The molecule has 0 fully saturated rings. The van der Waals surface area contributed by atoms with Gasteiger partial charge in [-0.15, -0.1) is 0 Å². The second kappa shape index (κ2) is 7.52. The van der Waals surface area contributed by atoms with Crippen LogP contribution in [0.3, 0.4) is 0 Å². The number of hydrogen-bond acceptors (Lipinski definition) is 3. The summed E-state index contributed by atoms with van der Waals surface area (Å²) >= 11 is 12.4. The predicted octanol–water partition coefficient (Wildman–Crippen LogP) is 5.19. The Labute approximate surface area is 140 Å². The summed E-state index contributed by atoms with van der Waals surface area (Å²) < 4.78 is 10.5. The summed E-state index contributed by atoms with van der Waals surface area (Å²) in [6.45, 7) is 1.95. The van der Waals surface area contributed by atoms with Crippen molar-refractivity contribution >= 4 is 29.4 Å². The van der Waals surface area contributed by atoms with Crippen LogP contribution in [0.4, 0.5) is 0 Å². The van der Waals surface area contributed by atoms with Gasteiger partial charge in [0.25, 0.3) is 0 Å². The minimum absolute atomic E-state index is 0.144. The SMILES string of the molecule is COc1ccc(C=NC(C)c2c(Cl)cccc2Cl)cc1OC. The molecule has 0 bridgehead atoms. The van der Waals surface area contributed by atoms with Gasteiger partial charge in [0, 0.05) is 21.8 Å². The van der Waals surface area contributed by atoms with Crippen molar-refractivity contribution in [2.24, 2.45) is 4.99 Å². The van der Waals surface area contributed by atoms with Crippen LogP contribution in [0.1, 0.15) is 24.1 Å². The molecule has 0 saturated heterocycles. The molecule has 0 N–H and O–H groups in total. The van der Waals surface area contributed by atoms with E-state index in [9.17, 15) is 0 Å². The zero-order chi connectivity index (χ0) is 16.1. The molecular formula is C17H17Cl2NO2. The lowest BCUT2D eigenvalue weighted by Crippen LogP contribution is -1.95. The van der Waals surface area contributed by atoms with Crippen LogP contribution in [-0.2, 0) is 0 Å². The van der Waals surface area contributed by atoms with Crippen LogP contribution < -0.4 is 9.47 Å². The molecule has 0 spiro atoms. The fourth-order valence-electron chi connectivity index (χ4n) is 2.12. The van der Waals surface area contributed by atoms with E-state index in [1.54, 1.807) is 20.4 Å². The van der Waals surface area contributed by atoms with Gasteiger partial charge in [0.1, 0.15) is 0 Å². The van der Waals surface area contributed by atoms with Crippen molar-refractivity contribution in [3.63, 3.8) is 0 Å². The van der Waals surface area contributed by atoms with Crippen molar-refractivity contribution in [1.82, 2.24) is 0 Å². The lowest BCUT2D eigenvalue weighted by Gasteiger charge is -2.11. The molecule has 0 aliphatic carbocycles. The molecule has 2 rings (SSSR count). The van der Waals surface area contributed by atoms with Gasteiger partial charge in [-0.1, -0.05) is 29.3 Å². The molecule has 1 unspecified atom stereocenters. The van der Waals surface area contributed by atoms with Crippen molar-refractivity contribution in [2.45, 2.75) is 13.0 Å². The first-order chi connectivity index (χ1) is 10.6. The molecule has 3 nitrogen and oxygen atoms in total. The first-order valence-corrected chi connectivity index (χ1v) is 7.51. The van der Waals surface area contributed by atoms with Crippen LogP contribution in [0, 0.1) is 0 Å². The Balaban J connectivity index is 2.25. The Bertz CT molecular complexity index is 666. The molecule has 22 heavy (non-hydrogen) atoms. The highest BCUT2D eigenvalue weighted by atomic mass is 35.5. The molecule has 116 valence electrons. The van der Waals surface area contributed by atoms with Crippen molar-refractivity contribution in [2.75, 3.05) is 14.2 Å². The highest BCUT2D eigenvalue weighted by molar-refractivity contribution is 6.36. The van der Waals surface area contributed by atoms with Crippen LogP contribution in [0.15, 0.2) is 41.4 Å². The Morgan fingerprint density at radius 1 is 1.00 bits per heavy atom. The molecule has 0 heterocycles. The summed E-state index contributed by atoms with van der Waals surface area (Å²) in [6.07, 6.45) is 1.77. The van der Waals surface area contributed by atoms with Crippen molar-refractivity contribution < 1.29 is 9.47 Å². The highest BCUT2D eigenvalue weighted by Crippen LogP contribution is 2.32. The van der Waals surface area contributed by atoms with Gasteiger partial charge in [0.15, 0.2) is 11.5 Å². The summed E-state index contributed by atoms with van der Waals surface area (Å²) in [5.74, 6) is 1.34. The first kappa shape index (κ1) is 16.7. The molecule has 1 atom stereocenters. The van der Waals surface area contributed by atoms with Gasteiger partial charge in [-0.05, 0) is 42.8 Å². The second-order valence-corrected chi connectivity index (χ2v) is 5.52. The topological polar surface area (TPSA) is 30.8 Å². The van der Waals surface area contributed by atoms with Crippen LogP contribution >= 0.6 is 23.2 Å². The average Bonchev–Trinajstić information content (AvgIpc) is 2.52. The minimum atomic E-state index is -0.144. The number of aliphatic imine (C=N–C) groups is 1. The van der Waals surface area contributed by atoms with Gasteiger partial charge in [-0.25, -0.2) is 0 Å². The summed E-state index contributed by atoms with van der Waals surface area (Å²) in [7, 11) is 3.21. The molecule has 0 aliphatic rings. The van der Waals surface area contributed by atoms with E-state index in [4.69, 9.17) is 32.7 Å². The van der Waals surface area contributed by atoms with E-state index in [-0.39, 0.29) is 6.04 Å². The second-order valence-electron chi connectivity index (χ2n) is 4.70. The molecule has 5 heteroatoms. The summed E-state index contributed by atoms with van der Waals surface area (Å²) in [4.78, 5) is 4.53. The quantitative estimate of drug-likeness (QED) is 0.703. The standard InChI is InChI=1S/C17H17Cl2NO2/c1-11(17-13(18)5-4-6-14(17)19)20-10-12-7-8-15(21-2)16(9-12)22-3/h4-11H,1-3H3. The Morgan fingerprint density at radius 2 is 1.64 bits per heavy atom. The third kappa shape index (κ3) is 3.73. The minimum Gasteiger partial charge on any atom is -0.493 e. The number of halogens is 2. The molecule has 0 amide bonds. The number of nitrogens with zero attached hydrogens (tertiary/aromatic N) is 1. The number of hydrogen-bond donors (Lipinski definition) is 0. The molecule has 0 saturated carbocycles. The van der Waals surface area contributed by atoms with E-state index >= 15 is 0 Å². The Hall–Kier alpha value is -1.71. The van der Waals surface area contributed by atoms with Gasteiger partial charge in [0.2, 0.25) is 0 Å². The van der Waals surface area contributed by atoms with Gasteiger partial charge >= 0.3 is 0 Å². The zero-order valence-corrected chi connectivity index (χ0v) is 14.2. The third-order valence-electron chi connectivity index (χ3n) is 3.27. The Morgan fingerprint density at radius 3 is 2.23 bits per heavy atom. The van der Waals surface area contributed by atoms with Gasteiger partial charge < -0.3 is 9.47 Å². The van der Waals surface area contributed by atoms with Crippen LogP contribution in [-0.4, -0.2) is 20.4 Å². The summed E-state index contributed by atoms with van der Waals surface area (Å²) in [5.41, 5.74) is 1.73. The lowest BCUT2D eigenvalue weighted by molar-refractivity contribution is 0.355. The summed E-state index contributed by atoms with van der Waals surface area (Å²) in [6, 6.07) is 10.9. The lowest BCUT2D eigenvalue weighted by atomic mass is 10.1. The maximum absolute atomic E-state index is 6.20. The smallest absolute Gasteiger partial charge is 0.161 e. The molecule has 2 aromatic carbocycles. The third-order valence-corrected chi connectivity index (χ3v) is 3.93. The maximum Gasteiger partial charge on any atom is 0.161 e. The van der Waals surface area contributed by atoms with Crippen molar-refractivity contribution in [3.05, 3.63) is 57.6 Å².